The number of hydrogen-bond donors (Lipinski definition) is 1. The van der Waals surface area contributed by atoms with Crippen LogP contribution >= 0.6 is 11.6 Å². The highest BCUT2D eigenvalue weighted by Crippen LogP contribution is 2.19. The van der Waals surface area contributed by atoms with Crippen molar-refractivity contribution in [2.24, 2.45) is 0 Å². The maximum Gasteiger partial charge on any atom is 0.258 e. The molecule has 1 aromatic heterocycles. The lowest BCUT2D eigenvalue weighted by molar-refractivity contribution is 0.102. The Kier molecular flexibility index (Phi) is 4.58. The van der Waals surface area contributed by atoms with Crippen molar-refractivity contribution >= 4 is 23.2 Å². The second-order valence-electron chi connectivity index (χ2n) is 4.49. The van der Waals surface area contributed by atoms with Crippen LogP contribution in [0.3, 0.4) is 0 Å². The molecular weight excluding hydrogens is 276 g/mol. The van der Waals surface area contributed by atoms with Gasteiger partial charge in [-0.3, -0.25) is 4.79 Å². The van der Waals surface area contributed by atoms with Crippen LogP contribution in [0.5, 0.6) is 5.75 Å². The summed E-state index contributed by atoms with van der Waals surface area (Å²) in [6.07, 6.45) is 1.65. The van der Waals surface area contributed by atoms with Crippen molar-refractivity contribution in [3.63, 3.8) is 0 Å². The number of ether oxygens (including phenoxy) is 1. The number of nitrogens with zero attached hydrogens (tertiary/aromatic N) is 1. The first kappa shape index (κ1) is 14.3. The number of anilines is 1. The number of halogens is 1. The number of benzene rings is 1. The second-order valence-corrected chi connectivity index (χ2v) is 4.84. The Morgan fingerprint density at radius 2 is 1.95 bits per heavy atom. The third kappa shape index (κ3) is 3.71. The zero-order valence-electron chi connectivity index (χ0n) is 11.3. The number of hydrogen-bond acceptors (Lipinski definition) is 3. The van der Waals surface area contributed by atoms with E-state index in [1.165, 1.54) is 6.20 Å². The highest BCUT2D eigenvalue weighted by Gasteiger charge is 2.10. The molecule has 0 saturated heterocycles. The number of carbonyl (C=O) groups is 1. The van der Waals surface area contributed by atoms with E-state index in [1.54, 1.807) is 36.4 Å². The van der Waals surface area contributed by atoms with E-state index in [2.05, 4.69) is 10.3 Å². The van der Waals surface area contributed by atoms with Crippen molar-refractivity contribution < 1.29 is 9.53 Å². The van der Waals surface area contributed by atoms with Gasteiger partial charge in [0.2, 0.25) is 0 Å². The molecule has 1 aromatic carbocycles. The van der Waals surface area contributed by atoms with Gasteiger partial charge >= 0.3 is 0 Å². The molecule has 2 rings (SSSR count). The average Bonchev–Trinajstić information content (AvgIpc) is 2.41. The number of nitrogens with one attached hydrogen (secondary N) is 1. The van der Waals surface area contributed by atoms with Crippen molar-refractivity contribution in [3.8, 4) is 5.75 Å². The Morgan fingerprint density at radius 3 is 2.55 bits per heavy atom. The second kappa shape index (κ2) is 6.39. The number of amides is 1. The molecule has 0 aliphatic rings. The van der Waals surface area contributed by atoms with Gasteiger partial charge < -0.3 is 10.1 Å². The quantitative estimate of drug-likeness (QED) is 0.872. The fourth-order valence-corrected chi connectivity index (χ4v) is 1.85. The van der Waals surface area contributed by atoms with E-state index in [0.29, 0.717) is 11.3 Å². The Balaban J connectivity index is 2.07. The minimum Gasteiger partial charge on any atom is -0.491 e. The molecule has 0 unspecified atom stereocenters. The summed E-state index contributed by atoms with van der Waals surface area (Å²) in [5, 5.41) is 2.95. The predicted molar refractivity (Wildman–Crippen MR) is 79.4 cm³/mol. The van der Waals surface area contributed by atoms with Crippen LogP contribution in [0.2, 0.25) is 5.15 Å². The Bertz CT molecular complexity index is 597. The maximum absolute atomic E-state index is 12.0. The molecule has 0 aliphatic carbocycles. The zero-order chi connectivity index (χ0) is 14.5. The summed E-state index contributed by atoms with van der Waals surface area (Å²) in [7, 11) is 0. The normalized spacial score (nSPS) is 10.4. The van der Waals surface area contributed by atoms with Gasteiger partial charge in [-0.1, -0.05) is 11.6 Å². The van der Waals surface area contributed by atoms with Crippen molar-refractivity contribution in [3.05, 3.63) is 53.3 Å². The Hall–Kier alpha value is -2.07. The van der Waals surface area contributed by atoms with E-state index in [-0.39, 0.29) is 17.2 Å². The first-order valence-electron chi connectivity index (χ1n) is 6.25. The van der Waals surface area contributed by atoms with Gasteiger partial charge in [-0.25, -0.2) is 4.98 Å². The summed E-state index contributed by atoms with van der Waals surface area (Å²) >= 11 is 5.88. The van der Waals surface area contributed by atoms with Crippen LogP contribution < -0.4 is 10.1 Å². The molecule has 2 aromatic rings. The van der Waals surface area contributed by atoms with Crippen molar-refractivity contribution in [1.82, 2.24) is 4.98 Å². The summed E-state index contributed by atoms with van der Waals surface area (Å²) < 4.78 is 5.53. The first-order valence-corrected chi connectivity index (χ1v) is 6.62. The number of pyridine rings is 1. The Morgan fingerprint density at radius 1 is 1.25 bits per heavy atom. The topological polar surface area (TPSA) is 51.2 Å². The Labute approximate surface area is 122 Å². The highest BCUT2D eigenvalue weighted by molar-refractivity contribution is 6.33. The van der Waals surface area contributed by atoms with Crippen molar-refractivity contribution in [1.29, 1.82) is 0 Å². The molecule has 20 heavy (non-hydrogen) atoms. The molecule has 0 aliphatic heterocycles. The van der Waals surface area contributed by atoms with Crippen LogP contribution in [0.1, 0.15) is 24.2 Å². The molecule has 0 fully saturated rings. The molecule has 4 nitrogen and oxygen atoms in total. The minimum absolute atomic E-state index is 0.115. The van der Waals surface area contributed by atoms with Gasteiger partial charge in [0.15, 0.2) is 0 Å². The minimum atomic E-state index is -0.291. The van der Waals surface area contributed by atoms with Crippen LogP contribution in [0.25, 0.3) is 0 Å². The first-order chi connectivity index (χ1) is 9.56. The van der Waals surface area contributed by atoms with Gasteiger partial charge in [-0.05, 0) is 50.2 Å². The molecular formula is C15H15ClN2O2. The van der Waals surface area contributed by atoms with Crippen LogP contribution in [-0.4, -0.2) is 17.0 Å². The molecule has 0 bridgehead atoms. The van der Waals surface area contributed by atoms with E-state index in [4.69, 9.17) is 16.3 Å². The lowest BCUT2D eigenvalue weighted by Crippen LogP contribution is -2.13. The van der Waals surface area contributed by atoms with Crippen LogP contribution in [0.4, 0.5) is 5.69 Å². The molecule has 1 N–H and O–H groups in total. The summed E-state index contributed by atoms with van der Waals surface area (Å²) in [5.41, 5.74) is 1.02. The molecule has 104 valence electrons. The predicted octanol–water partition coefficient (Wildman–Crippen LogP) is 3.77. The third-order valence-corrected chi connectivity index (χ3v) is 2.79. The molecule has 5 heteroatoms. The van der Waals surface area contributed by atoms with Crippen molar-refractivity contribution in [2.45, 2.75) is 20.0 Å². The molecule has 1 amide bonds. The summed E-state index contributed by atoms with van der Waals surface area (Å²) in [6.45, 7) is 3.92. The number of aromatic nitrogens is 1. The monoisotopic (exact) mass is 290 g/mol. The maximum atomic E-state index is 12.0. The van der Waals surface area contributed by atoms with E-state index in [1.807, 2.05) is 13.8 Å². The summed E-state index contributed by atoms with van der Waals surface area (Å²) in [6, 6.07) is 10.5. The SMILES string of the molecule is CC(C)Oc1ccc(NC(=O)c2cccnc2Cl)cc1. The largest absolute Gasteiger partial charge is 0.491 e. The van der Waals surface area contributed by atoms with Gasteiger partial charge in [0.25, 0.3) is 5.91 Å². The van der Waals surface area contributed by atoms with Crippen molar-refractivity contribution in [2.75, 3.05) is 5.32 Å². The third-order valence-electron chi connectivity index (χ3n) is 2.49. The van der Waals surface area contributed by atoms with Gasteiger partial charge in [-0.2, -0.15) is 0 Å². The number of rotatable bonds is 4. The molecule has 0 atom stereocenters. The van der Waals surface area contributed by atoms with Crippen LogP contribution in [-0.2, 0) is 0 Å². The highest BCUT2D eigenvalue weighted by atomic mass is 35.5. The van der Waals surface area contributed by atoms with E-state index in [9.17, 15) is 4.79 Å². The lowest BCUT2D eigenvalue weighted by atomic mass is 10.2. The van der Waals surface area contributed by atoms with Crippen LogP contribution in [0.15, 0.2) is 42.6 Å². The van der Waals surface area contributed by atoms with Gasteiger partial charge in [0, 0.05) is 11.9 Å². The van der Waals surface area contributed by atoms with Crippen LogP contribution in [0, 0.1) is 0 Å². The van der Waals surface area contributed by atoms with E-state index in [0.717, 1.165) is 5.75 Å². The number of carbonyl (C=O) groups excluding carboxylic acids is 1. The summed E-state index contributed by atoms with van der Waals surface area (Å²) in [4.78, 5) is 15.9. The average molecular weight is 291 g/mol. The molecule has 0 spiro atoms. The molecule has 1 heterocycles. The van der Waals surface area contributed by atoms with Gasteiger partial charge in [0.1, 0.15) is 10.9 Å². The van der Waals surface area contributed by atoms with E-state index < -0.39 is 0 Å². The lowest BCUT2D eigenvalue weighted by Gasteiger charge is -2.10. The smallest absolute Gasteiger partial charge is 0.258 e. The summed E-state index contributed by atoms with van der Waals surface area (Å²) in [5.74, 6) is 0.470. The fourth-order valence-electron chi connectivity index (χ4n) is 1.64. The fraction of sp³-hybridized carbons (Fsp3) is 0.200. The van der Waals surface area contributed by atoms with E-state index >= 15 is 0 Å². The zero-order valence-corrected chi connectivity index (χ0v) is 12.0. The standard InChI is InChI=1S/C15H15ClN2O2/c1-10(2)20-12-7-5-11(6-8-12)18-15(19)13-4-3-9-17-14(13)16/h3-10H,1-2H3,(H,18,19). The van der Waals surface area contributed by atoms with Gasteiger partial charge in [0.05, 0.1) is 11.7 Å². The van der Waals surface area contributed by atoms with Gasteiger partial charge in [-0.15, -0.1) is 0 Å². The molecule has 0 radical (unpaired) electrons. The molecule has 0 saturated carbocycles.